The lowest BCUT2D eigenvalue weighted by atomic mass is 10.0. The molecule has 1 aromatic rings. The number of hydrogen-bond acceptors (Lipinski definition) is 1. The largest absolute Gasteiger partial charge is 0.338 e. The van der Waals surface area contributed by atoms with E-state index in [2.05, 4.69) is 31.2 Å². The van der Waals surface area contributed by atoms with Gasteiger partial charge in [0.05, 0.1) is 0 Å². The Morgan fingerprint density at radius 2 is 1.73 bits per heavy atom. The third kappa shape index (κ3) is 1.67. The summed E-state index contributed by atoms with van der Waals surface area (Å²) in [6, 6.07) is 8.33. The molecule has 0 bridgehead atoms. The van der Waals surface area contributed by atoms with Crippen molar-refractivity contribution in [1.29, 1.82) is 0 Å². The van der Waals surface area contributed by atoms with E-state index in [0.717, 1.165) is 23.3 Å². The Bertz CT molecular complexity index is 428. The third-order valence-corrected chi connectivity index (χ3v) is 2.92. The van der Waals surface area contributed by atoms with E-state index in [9.17, 15) is 4.79 Å². The van der Waals surface area contributed by atoms with Crippen molar-refractivity contribution in [2.75, 3.05) is 13.6 Å². The topological polar surface area (TPSA) is 20.3 Å². The summed E-state index contributed by atoms with van der Waals surface area (Å²) in [5, 5.41) is 0. The number of nitrogens with zero attached hydrogens (tertiary/aromatic N) is 1. The molecule has 0 saturated heterocycles. The van der Waals surface area contributed by atoms with Crippen LogP contribution >= 0.6 is 0 Å². The molecular formula is C13H15NO. The maximum absolute atomic E-state index is 11.6. The van der Waals surface area contributed by atoms with E-state index in [0.29, 0.717) is 0 Å². The fourth-order valence-corrected chi connectivity index (χ4v) is 1.91. The second-order valence-corrected chi connectivity index (χ2v) is 4.13. The summed E-state index contributed by atoms with van der Waals surface area (Å²) in [5.41, 5.74) is 4.44. The van der Waals surface area contributed by atoms with Gasteiger partial charge in [-0.15, -0.1) is 0 Å². The van der Waals surface area contributed by atoms with Crippen LogP contribution in [0.4, 0.5) is 0 Å². The summed E-state index contributed by atoms with van der Waals surface area (Å²) in [6.45, 7) is 4.70. The molecule has 1 aliphatic heterocycles. The highest BCUT2D eigenvalue weighted by Crippen LogP contribution is 2.26. The van der Waals surface area contributed by atoms with Crippen LogP contribution in [0.1, 0.15) is 18.1 Å². The summed E-state index contributed by atoms with van der Waals surface area (Å²) in [7, 11) is 1.84. The number of benzene rings is 1. The van der Waals surface area contributed by atoms with E-state index in [1.807, 2.05) is 14.0 Å². The molecule has 0 unspecified atom stereocenters. The summed E-state index contributed by atoms with van der Waals surface area (Å²) in [6.07, 6.45) is 0. The van der Waals surface area contributed by atoms with Crippen molar-refractivity contribution in [3.63, 3.8) is 0 Å². The van der Waals surface area contributed by atoms with Crippen LogP contribution in [0.5, 0.6) is 0 Å². The summed E-state index contributed by atoms with van der Waals surface area (Å²) in [4.78, 5) is 13.4. The van der Waals surface area contributed by atoms with Gasteiger partial charge in [-0.2, -0.15) is 0 Å². The molecule has 1 amide bonds. The van der Waals surface area contributed by atoms with Crippen molar-refractivity contribution in [2.24, 2.45) is 0 Å². The summed E-state index contributed by atoms with van der Waals surface area (Å²) >= 11 is 0. The number of likely N-dealkylation sites (N-methyl/N-ethyl adjacent to an activating group) is 1. The number of carbonyl (C=O) groups is 1. The highest BCUT2D eigenvalue weighted by atomic mass is 16.2. The van der Waals surface area contributed by atoms with Crippen molar-refractivity contribution in [3.8, 4) is 0 Å². The van der Waals surface area contributed by atoms with Crippen LogP contribution in [0, 0.1) is 6.92 Å². The molecule has 0 aromatic heterocycles. The molecule has 78 valence electrons. The molecule has 1 aromatic carbocycles. The Morgan fingerprint density at radius 3 is 2.20 bits per heavy atom. The smallest absolute Gasteiger partial charge is 0.249 e. The molecule has 0 saturated carbocycles. The number of rotatable bonds is 1. The first-order valence-corrected chi connectivity index (χ1v) is 5.12. The molecule has 2 rings (SSSR count). The Balaban J connectivity index is 2.40. The molecule has 0 atom stereocenters. The average Bonchev–Trinajstić information content (AvgIpc) is 2.47. The van der Waals surface area contributed by atoms with Gasteiger partial charge in [-0.1, -0.05) is 29.8 Å². The van der Waals surface area contributed by atoms with Gasteiger partial charge in [0.25, 0.3) is 0 Å². The number of amides is 1. The van der Waals surface area contributed by atoms with Crippen molar-refractivity contribution in [1.82, 2.24) is 4.90 Å². The molecule has 2 heteroatoms. The van der Waals surface area contributed by atoms with Gasteiger partial charge in [0, 0.05) is 19.2 Å². The lowest BCUT2D eigenvalue weighted by Crippen LogP contribution is -2.21. The molecule has 0 N–H and O–H groups in total. The van der Waals surface area contributed by atoms with E-state index < -0.39 is 0 Å². The van der Waals surface area contributed by atoms with Gasteiger partial charge in [0.2, 0.25) is 5.91 Å². The van der Waals surface area contributed by atoms with Crippen LogP contribution in [0.3, 0.4) is 0 Å². The van der Waals surface area contributed by atoms with E-state index in [1.165, 1.54) is 5.56 Å². The molecule has 1 heterocycles. The van der Waals surface area contributed by atoms with Crippen LogP contribution in [0.25, 0.3) is 5.57 Å². The first-order valence-electron chi connectivity index (χ1n) is 5.12. The summed E-state index contributed by atoms with van der Waals surface area (Å²) < 4.78 is 0. The maximum Gasteiger partial charge on any atom is 0.249 e. The predicted molar refractivity (Wildman–Crippen MR) is 61.4 cm³/mol. The number of hydrogen-bond donors (Lipinski definition) is 0. The monoisotopic (exact) mass is 201 g/mol. The normalized spacial score (nSPS) is 16.5. The Kier molecular flexibility index (Phi) is 2.35. The fourth-order valence-electron chi connectivity index (χ4n) is 1.91. The van der Waals surface area contributed by atoms with Crippen molar-refractivity contribution < 1.29 is 4.79 Å². The number of aryl methyl sites for hydroxylation is 1. The van der Waals surface area contributed by atoms with Crippen LogP contribution in [-0.2, 0) is 4.79 Å². The first-order chi connectivity index (χ1) is 7.09. The van der Waals surface area contributed by atoms with E-state index in [-0.39, 0.29) is 5.91 Å². The molecule has 0 spiro atoms. The Labute approximate surface area is 90.2 Å². The van der Waals surface area contributed by atoms with E-state index in [4.69, 9.17) is 0 Å². The van der Waals surface area contributed by atoms with Crippen LogP contribution in [0.15, 0.2) is 29.8 Å². The van der Waals surface area contributed by atoms with Crippen LogP contribution in [-0.4, -0.2) is 24.4 Å². The molecular weight excluding hydrogens is 186 g/mol. The molecule has 2 nitrogen and oxygen atoms in total. The van der Waals surface area contributed by atoms with Crippen molar-refractivity contribution >= 4 is 11.5 Å². The molecule has 0 aliphatic carbocycles. The highest BCUT2D eigenvalue weighted by Gasteiger charge is 2.24. The van der Waals surface area contributed by atoms with E-state index in [1.54, 1.807) is 4.90 Å². The van der Waals surface area contributed by atoms with Gasteiger partial charge in [-0.05, 0) is 25.0 Å². The molecule has 1 aliphatic rings. The van der Waals surface area contributed by atoms with E-state index >= 15 is 0 Å². The van der Waals surface area contributed by atoms with Crippen LogP contribution in [0.2, 0.25) is 0 Å². The Hall–Kier alpha value is -1.57. The predicted octanol–water partition coefficient (Wildman–Crippen LogP) is 2.24. The minimum absolute atomic E-state index is 0.144. The minimum Gasteiger partial charge on any atom is -0.338 e. The average molecular weight is 201 g/mol. The third-order valence-electron chi connectivity index (χ3n) is 2.92. The first kappa shape index (κ1) is 9.97. The number of carbonyl (C=O) groups excluding carboxylic acids is 1. The van der Waals surface area contributed by atoms with Crippen LogP contribution < -0.4 is 0 Å². The van der Waals surface area contributed by atoms with Gasteiger partial charge in [-0.3, -0.25) is 4.79 Å². The molecule has 15 heavy (non-hydrogen) atoms. The standard InChI is InChI=1S/C13H15NO/c1-9-4-6-11(7-5-9)12-8-14(3)13(15)10(12)2/h4-7H,8H2,1-3H3. The zero-order chi connectivity index (χ0) is 11.0. The molecule has 0 radical (unpaired) electrons. The van der Waals surface area contributed by atoms with Crippen molar-refractivity contribution in [3.05, 3.63) is 41.0 Å². The zero-order valence-electron chi connectivity index (χ0n) is 9.37. The lowest BCUT2D eigenvalue weighted by Gasteiger charge is -2.08. The summed E-state index contributed by atoms with van der Waals surface area (Å²) in [5.74, 6) is 0.144. The van der Waals surface area contributed by atoms with Gasteiger partial charge in [0.1, 0.15) is 0 Å². The quantitative estimate of drug-likeness (QED) is 0.682. The lowest BCUT2D eigenvalue weighted by molar-refractivity contribution is -0.124. The second-order valence-electron chi connectivity index (χ2n) is 4.13. The van der Waals surface area contributed by atoms with Crippen molar-refractivity contribution in [2.45, 2.75) is 13.8 Å². The second kappa shape index (κ2) is 3.54. The maximum atomic E-state index is 11.6. The SMILES string of the molecule is CC1=C(c2ccc(C)cc2)CN(C)C1=O. The zero-order valence-corrected chi connectivity index (χ0v) is 9.37. The van der Waals surface area contributed by atoms with Gasteiger partial charge >= 0.3 is 0 Å². The van der Waals surface area contributed by atoms with Gasteiger partial charge in [-0.25, -0.2) is 0 Å². The van der Waals surface area contributed by atoms with Gasteiger partial charge in [0.15, 0.2) is 0 Å². The highest BCUT2D eigenvalue weighted by molar-refractivity contribution is 6.05. The minimum atomic E-state index is 0.144. The molecule has 0 fully saturated rings. The fraction of sp³-hybridized carbons (Fsp3) is 0.308. The van der Waals surface area contributed by atoms with Gasteiger partial charge < -0.3 is 4.90 Å². The Morgan fingerprint density at radius 1 is 1.13 bits per heavy atom.